The molecule has 4 rings (SSSR count). The van der Waals surface area contributed by atoms with Gasteiger partial charge in [-0.2, -0.15) is 0 Å². The third-order valence-electron chi connectivity index (χ3n) is 5.23. The monoisotopic (exact) mass is 419 g/mol. The van der Waals surface area contributed by atoms with Crippen LogP contribution in [0, 0.1) is 0 Å². The van der Waals surface area contributed by atoms with Gasteiger partial charge in [0.05, 0.1) is 23.8 Å². The van der Waals surface area contributed by atoms with Crippen LogP contribution in [0.25, 0.3) is 10.2 Å². The third kappa shape index (κ3) is 4.04. The second-order valence-corrected chi connectivity index (χ2v) is 9.24. The van der Waals surface area contributed by atoms with Crippen molar-refractivity contribution < 1.29 is 9.53 Å². The molecule has 0 saturated carbocycles. The number of hydrogen-bond acceptors (Lipinski definition) is 6. The van der Waals surface area contributed by atoms with Gasteiger partial charge < -0.3 is 10.1 Å². The molecule has 0 bridgehead atoms. The number of nitrogens with one attached hydrogen (secondary N) is 1. The van der Waals surface area contributed by atoms with Crippen molar-refractivity contribution in [1.82, 2.24) is 14.9 Å². The Morgan fingerprint density at radius 2 is 2.25 bits per heavy atom. The van der Waals surface area contributed by atoms with Crippen molar-refractivity contribution in [1.29, 1.82) is 0 Å². The number of carbonyl (C=O) groups excluding carboxylic acids is 1. The van der Waals surface area contributed by atoms with Gasteiger partial charge in [0, 0.05) is 18.0 Å². The number of aromatic nitrogens is 2. The normalized spacial score (nSPS) is 18.9. The highest BCUT2D eigenvalue weighted by Crippen LogP contribution is 2.34. The number of thioether (sulfide) groups is 1. The Labute approximate surface area is 172 Å². The molecule has 2 aromatic heterocycles. The van der Waals surface area contributed by atoms with Gasteiger partial charge in [-0.05, 0) is 44.1 Å². The molecule has 1 saturated heterocycles. The maximum absolute atomic E-state index is 13.4. The molecule has 8 heteroatoms. The minimum absolute atomic E-state index is 0.0221. The van der Waals surface area contributed by atoms with Crippen LogP contribution in [0.2, 0.25) is 0 Å². The summed E-state index contributed by atoms with van der Waals surface area (Å²) >= 11 is 2.97. The Bertz CT molecular complexity index is 944. The maximum Gasteiger partial charge on any atom is 0.263 e. The molecule has 0 radical (unpaired) electrons. The number of rotatable bonds is 7. The van der Waals surface area contributed by atoms with Crippen LogP contribution in [0.15, 0.2) is 22.6 Å². The van der Waals surface area contributed by atoms with Crippen molar-refractivity contribution in [3.05, 3.63) is 33.4 Å². The summed E-state index contributed by atoms with van der Waals surface area (Å²) in [5, 5.41) is 4.17. The van der Waals surface area contributed by atoms with Crippen LogP contribution in [0.3, 0.4) is 0 Å². The maximum atomic E-state index is 13.4. The Hall–Kier alpha value is -1.64. The molecular weight excluding hydrogens is 394 g/mol. The molecule has 1 atom stereocenters. The van der Waals surface area contributed by atoms with Crippen molar-refractivity contribution in [2.45, 2.75) is 56.3 Å². The second-order valence-electron chi connectivity index (χ2n) is 7.22. The van der Waals surface area contributed by atoms with E-state index in [4.69, 9.17) is 9.72 Å². The fourth-order valence-electron chi connectivity index (χ4n) is 3.85. The van der Waals surface area contributed by atoms with Crippen molar-refractivity contribution in [2.24, 2.45) is 0 Å². The molecule has 1 N–H and O–H groups in total. The van der Waals surface area contributed by atoms with Gasteiger partial charge in [0.1, 0.15) is 4.83 Å². The average Bonchev–Trinajstić information content (AvgIpc) is 3.34. The zero-order valence-corrected chi connectivity index (χ0v) is 17.5. The van der Waals surface area contributed by atoms with Crippen LogP contribution in [0.5, 0.6) is 0 Å². The summed E-state index contributed by atoms with van der Waals surface area (Å²) < 4.78 is 7.51. The first kappa shape index (κ1) is 19.7. The Kier molecular flexibility index (Phi) is 6.18. The van der Waals surface area contributed by atoms with Gasteiger partial charge in [-0.1, -0.05) is 17.8 Å². The van der Waals surface area contributed by atoms with E-state index in [1.165, 1.54) is 28.6 Å². The van der Waals surface area contributed by atoms with Crippen molar-refractivity contribution >= 4 is 39.2 Å². The van der Waals surface area contributed by atoms with Crippen LogP contribution in [-0.2, 0) is 28.9 Å². The summed E-state index contributed by atoms with van der Waals surface area (Å²) in [6.45, 7) is 5.29. The molecule has 0 aromatic carbocycles. The molecule has 2 aliphatic rings. The van der Waals surface area contributed by atoms with E-state index in [2.05, 4.69) is 11.9 Å². The predicted octanol–water partition coefficient (Wildman–Crippen LogP) is 2.91. The van der Waals surface area contributed by atoms with Gasteiger partial charge in [0.15, 0.2) is 5.16 Å². The molecule has 6 nitrogen and oxygen atoms in total. The highest BCUT2D eigenvalue weighted by molar-refractivity contribution is 7.99. The lowest BCUT2D eigenvalue weighted by molar-refractivity contribution is -0.118. The number of aryl methyl sites for hydroxylation is 2. The third-order valence-corrected chi connectivity index (χ3v) is 7.39. The molecule has 28 heavy (non-hydrogen) atoms. The van der Waals surface area contributed by atoms with Crippen LogP contribution < -0.4 is 10.9 Å². The summed E-state index contributed by atoms with van der Waals surface area (Å²) in [5.74, 6) is 0.135. The van der Waals surface area contributed by atoms with Crippen LogP contribution in [0.4, 0.5) is 0 Å². The van der Waals surface area contributed by atoms with Crippen LogP contribution in [0.1, 0.15) is 36.1 Å². The first-order valence-electron chi connectivity index (χ1n) is 9.84. The van der Waals surface area contributed by atoms with Gasteiger partial charge in [0.25, 0.3) is 5.56 Å². The summed E-state index contributed by atoms with van der Waals surface area (Å²) in [4.78, 5) is 32.4. The molecule has 1 amide bonds. The standard InChI is InChI=1S/C20H25N3O3S2/c1-2-9-21-16(24)12-27-20-22-18-17(14-7-3-4-8-15(14)28-18)19(25)23(20)11-13-6-5-10-26-13/h2,13H,1,3-12H2,(H,21,24). The van der Waals surface area contributed by atoms with Gasteiger partial charge in [-0.15, -0.1) is 17.9 Å². The fraction of sp³-hybridized carbons (Fsp3) is 0.550. The fourth-order valence-corrected chi connectivity index (χ4v) is 5.99. The lowest BCUT2D eigenvalue weighted by Gasteiger charge is -2.16. The SMILES string of the molecule is C=CCNC(=O)CSc1nc2sc3c(c2c(=O)n1CC1CCCO1)CCCC3. The zero-order valence-electron chi connectivity index (χ0n) is 15.9. The molecule has 1 aliphatic heterocycles. The number of fused-ring (bicyclic) bond motifs is 3. The lowest BCUT2D eigenvalue weighted by atomic mass is 9.97. The molecule has 1 aliphatic carbocycles. The molecule has 3 heterocycles. The molecule has 0 spiro atoms. The summed E-state index contributed by atoms with van der Waals surface area (Å²) in [6, 6.07) is 0. The first-order chi connectivity index (χ1) is 13.7. The number of ether oxygens (including phenoxy) is 1. The second kappa shape index (κ2) is 8.80. The number of carbonyl (C=O) groups is 1. The Balaban J connectivity index is 1.69. The predicted molar refractivity (Wildman–Crippen MR) is 113 cm³/mol. The highest BCUT2D eigenvalue weighted by atomic mass is 32.2. The summed E-state index contributed by atoms with van der Waals surface area (Å²) in [5.41, 5.74) is 1.22. The first-order valence-corrected chi connectivity index (χ1v) is 11.6. The van der Waals surface area contributed by atoms with E-state index in [-0.39, 0.29) is 23.3 Å². The highest BCUT2D eigenvalue weighted by Gasteiger charge is 2.25. The lowest BCUT2D eigenvalue weighted by Crippen LogP contribution is -2.30. The summed E-state index contributed by atoms with van der Waals surface area (Å²) in [6.07, 6.45) is 7.97. The van der Waals surface area contributed by atoms with E-state index < -0.39 is 0 Å². The number of nitrogens with zero attached hydrogens (tertiary/aromatic N) is 2. The van der Waals surface area contributed by atoms with Crippen molar-refractivity contribution in [3.8, 4) is 0 Å². The minimum atomic E-state index is -0.0895. The largest absolute Gasteiger partial charge is 0.376 e. The van der Waals surface area contributed by atoms with Gasteiger partial charge in [-0.3, -0.25) is 14.2 Å². The molecule has 1 unspecified atom stereocenters. The van der Waals surface area contributed by atoms with E-state index in [0.717, 1.165) is 48.9 Å². The Morgan fingerprint density at radius 3 is 3.04 bits per heavy atom. The number of thiophene rings is 1. The van der Waals surface area contributed by atoms with Crippen molar-refractivity contribution in [2.75, 3.05) is 18.9 Å². The zero-order chi connectivity index (χ0) is 19.5. The van der Waals surface area contributed by atoms with Gasteiger partial charge in [-0.25, -0.2) is 4.98 Å². The molecular formula is C20H25N3O3S2. The van der Waals surface area contributed by atoms with Crippen molar-refractivity contribution in [3.63, 3.8) is 0 Å². The Morgan fingerprint density at radius 1 is 1.39 bits per heavy atom. The summed E-state index contributed by atoms with van der Waals surface area (Å²) in [7, 11) is 0. The molecule has 1 fully saturated rings. The minimum Gasteiger partial charge on any atom is -0.376 e. The van der Waals surface area contributed by atoms with E-state index in [1.807, 2.05) is 0 Å². The molecule has 150 valence electrons. The average molecular weight is 420 g/mol. The van der Waals surface area contributed by atoms with Gasteiger partial charge >= 0.3 is 0 Å². The topological polar surface area (TPSA) is 73.2 Å². The smallest absolute Gasteiger partial charge is 0.263 e. The number of amides is 1. The van der Waals surface area contributed by atoms with E-state index >= 15 is 0 Å². The van der Waals surface area contributed by atoms with Gasteiger partial charge in [0.2, 0.25) is 5.91 Å². The van der Waals surface area contributed by atoms with Crippen LogP contribution in [-0.4, -0.2) is 40.5 Å². The van der Waals surface area contributed by atoms with E-state index in [9.17, 15) is 9.59 Å². The van der Waals surface area contributed by atoms with E-state index in [1.54, 1.807) is 22.0 Å². The molecule has 2 aromatic rings. The quantitative estimate of drug-likeness (QED) is 0.424. The number of hydrogen-bond donors (Lipinski definition) is 1. The van der Waals surface area contributed by atoms with E-state index in [0.29, 0.717) is 18.2 Å². The van der Waals surface area contributed by atoms with Crippen LogP contribution >= 0.6 is 23.1 Å².